The standard InChI is InChI=1S/C30H47ClO4/c1-3-4-7-13-28(35-30-15-10-11-22-34-30)24-18-16-23(17-19-24)25-20-21-27(31)26(25)12-8-5-6-9-14-29(32)33-2/h16-19,25-28,30H,3-15,20-22H2,1-2H3/t25-,26-,27-,28?,30?/m1/s1. The molecule has 198 valence electrons. The lowest BCUT2D eigenvalue weighted by Gasteiger charge is -2.28. The highest BCUT2D eigenvalue weighted by atomic mass is 35.5. The zero-order chi connectivity index (χ0) is 24.9. The van der Waals surface area contributed by atoms with E-state index in [1.807, 2.05) is 0 Å². The molecule has 5 atom stereocenters. The molecule has 2 unspecified atom stereocenters. The molecule has 0 bridgehead atoms. The van der Waals surface area contributed by atoms with E-state index in [0.29, 0.717) is 18.3 Å². The van der Waals surface area contributed by atoms with Crippen LogP contribution in [0, 0.1) is 5.92 Å². The van der Waals surface area contributed by atoms with Crippen molar-refractivity contribution in [3.8, 4) is 0 Å². The highest BCUT2D eigenvalue weighted by Gasteiger charge is 2.35. The lowest BCUT2D eigenvalue weighted by molar-refractivity contribution is -0.191. The Hall–Kier alpha value is -1.10. The first kappa shape index (κ1) is 28.5. The van der Waals surface area contributed by atoms with Crippen molar-refractivity contribution in [1.29, 1.82) is 0 Å². The van der Waals surface area contributed by atoms with Gasteiger partial charge < -0.3 is 14.2 Å². The maximum absolute atomic E-state index is 11.3. The molecule has 1 aromatic carbocycles. The van der Waals surface area contributed by atoms with E-state index in [0.717, 1.165) is 51.6 Å². The number of ether oxygens (including phenoxy) is 3. The predicted molar refractivity (Wildman–Crippen MR) is 143 cm³/mol. The molecule has 2 aliphatic rings. The Bertz CT molecular complexity index is 716. The molecule has 1 saturated carbocycles. The van der Waals surface area contributed by atoms with Crippen LogP contribution in [-0.2, 0) is 19.0 Å². The number of carbonyl (C=O) groups excluding carboxylic acids is 1. The van der Waals surface area contributed by atoms with Crippen molar-refractivity contribution in [2.24, 2.45) is 5.92 Å². The fraction of sp³-hybridized carbons (Fsp3) is 0.767. The van der Waals surface area contributed by atoms with E-state index >= 15 is 0 Å². The number of unbranched alkanes of at least 4 members (excludes halogenated alkanes) is 5. The van der Waals surface area contributed by atoms with E-state index in [9.17, 15) is 4.79 Å². The summed E-state index contributed by atoms with van der Waals surface area (Å²) in [5.41, 5.74) is 2.70. The van der Waals surface area contributed by atoms with Crippen molar-refractivity contribution in [1.82, 2.24) is 0 Å². The second kappa shape index (κ2) is 15.9. The number of carbonyl (C=O) groups is 1. The maximum atomic E-state index is 11.3. The molecule has 0 radical (unpaired) electrons. The molecule has 35 heavy (non-hydrogen) atoms. The van der Waals surface area contributed by atoms with Gasteiger partial charge in [-0.3, -0.25) is 4.79 Å². The minimum atomic E-state index is -0.102. The van der Waals surface area contributed by atoms with E-state index < -0.39 is 0 Å². The van der Waals surface area contributed by atoms with Gasteiger partial charge in [-0.05, 0) is 74.3 Å². The largest absolute Gasteiger partial charge is 0.469 e. The summed E-state index contributed by atoms with van der Waals surface area (Å²) in [5.74, 6) is 0.979. The first-order chi connectivity index (χ1) is 17.1. The first-order valence-electron chi connectivity index (χ1n) is 14.2. The van der Waals surface area contributed by atoms with Crippen LogP contribution in [-0.4, -0.2) is 31.4 Å². The van der Waals surface area contributed by atoms with Gasteiger partial charge in [-0.25, -0.2) is 0 Å². The Morgan fingerprint density at radius 1 is 1.03 bits per heavy atom. The quantitative estimate of drug-likeness (QED) is 0.136. The minimum absolute atomic E-state index is 0.0566. The fourth-order valence-electron chi connectivity index (χ4n) is 5.77. The van der Waals surface area contributed by atoms with E-state index in [1.165, 1.54) is 63.2 Å². The van der Waals surface area contributed by atoms with E-state index in [1.54, 1.807) is 0 Å². The van der Waals surface area contributed by atoms with Crippen molar-refractivity contribution in [2.75, 3.05) is 13.7 Å². The summed E-state index contributed by atoms with van der Waals surface area (Å²) in [4.78, 5) is 11.3. The Morgan fingerprint density at radius 2 is 1.83 bits per heavy atom. The molecule has 1 saturated heterocycles. The van der Waals surface area contributed by atoms with E-state index in [4.69, 9.17) is 25.8 Å². The lowest BCUT2D eigenvalue weighted by atomic mass is 9.84. The third kappa shape index (κ3) is 9.37. The van der Waals surface area contributed by atoms with Crippen LogP contribution in [0.2, 0.25) is 0 Å². The van der Waals surface area contributed by atoms with E-state index in [-0.39, 0.29) is 23.7 Å². The zero-order valence-corrected chi connectivity index (χ0v) is 22.8. The van der Waals surface area contributed by atoms with Gasteiger partial charge in [-0.15, -0.1) is 11.6 Å². The van der Waals surface area contributed by atoms with Gasteiger partial charge >= 0.3 is 5.97 Å². The second-order valence-corrected chi connectivity index (χ2v) is 11.0. The molecule has 4 nitrogen and oxygen atoms in total. The van der Waals surface area contributed by atoms with Crippen LogP contribution >= 0.6 is 11.6 Å². The molecule has 1 aliphatic heterocycles. The average molecular weight is 507 g/mol. The third-order valence-electron chi connectivity index (χ3n) is 7.89. The monoisotopic (exact) mass is 506 g/mol. The van der Waals surface area contributed by atoms with Crippen LogP contribution in [0.25, 0.3) is 0 Å². The SMILES string of the molecule is CCCCCC(OC1CCCCO1)c1ccc([C@H]2CC[C@@H](Cl)[C@@H]2CCCCCCC(=O)OC)cc1. The number of benzene rings is 1. The van der Waals surface area contributed by atoms with Gasteiger partial charge in [0, 0.05) is 18.4 Å². The summed E-state index contributed by atoms with van der Waals surface area (Å²) in [6.07, 6.45) is 16.4. The maximum Gasteiger partial charge on any atom is 0.305 e. The van der Waals surface area contributed by atoms with Crippen molar-refractivity contribution >= 4 is 17.6 Å². The number of alkyl halides is 1. The fourth-order valence-corrected chi connectivity index (χ4v) is 6.20. The molecule has 0 spiro atoms. The Morgan fingerprint density at radius 3 is 2.54 bits per heavy atom. The summed E-state index contributed by atoms with van der Waals surface area (Å²) in [7, 11) is 1.46. The van der Waals surface area contributed by atoms with Crippen molar-refractivity contribution in [3.05, 3.63) is 35.4 Å². The van der Waals surface area contributed by atoms with E-state index in [2.05, 4.69) is 31.2 Å². The highest BCUT2D eigenvalue weighted by Crippen LogP contribution is 2.45. The van der Waals surface area contributed by atoms with Gasteiger partial charge in [0.1, 0.15) is 0 Å². The molecule has 1 aromatic rings. The smallest absolute Gasteiger partial charge is 0.305 e. The number of hydrogen-bond acceptors (Lipinski definition) is 4. The van der Waals surface area contributed by atoms with Crippen molar-refractivity contribution in [2.45, 2.75) is 127 Å². The molecule has 5 heteroatoms. The van der Waals surface area contributed by atoms with Crippen molar-refractivity contribution < 1.29 is 19.0 Å². The number of methoxy groups -OCH3 is 1. The normalized spacial score (nSPS) is 25.5. The molecular weight excluding hydrogens is 460 g/mol. The first-order valence-corrected chi connectivity index (χ1v) is 14.6. The van der Waals surface area contributed by atoms with Crippen LogP contribution in [0.3, 0.4) is 0 Å². The Balaban J connectivity index is 1.54. The van der Waals surface area contributed by atoms with Gasteiger partial charge in [0.2, 0.25) is 0 Å². The van der Waals surface area contributed by atoms with Crippen LogP contribution in [0.1, 0.15) is 126 Å². The molecular formula is C30H47ClO4. The van der Waals surface area contributed by atoms with Crippen LogP contribution in [0.4, 0.5) is 0 Å². The zero-order valence-electron chi connectivity index (χ0n) is 22.0. The summed E-state index contributed by atoms with van der Waals surface area (Å²) in [5, 5.41) is 0.267. The molecule has 0 aromatic heterocycles. The molecule has 1 heterocycles. The number of esters is 1. The summed E-state index contributed by atoms with van der Waals surface area (Å²) < 4.78 is 17.1. The Labute approximate surface area is 218 Å². The molecule has 0 N–H and O–H groups in total. The van der Waals surface area contributed by atoms with Crippen LogP contribution < -0.4 is 0 Å². The number of halogens is 1. The van der Waals surface area contributed by atoms with Gasteiger partial charge in [-0.2, -0.15) is 0 Å². The summed E-state index contributed by atoms with van der Waals surface area (Å²) >= 11 is 6.79. The molecule has 2 fully saturated rings. The third-order valence-corrected chi connectivity index (χ3v) is 8.43. The van der Waals surface area contributed by atoms with Crippen LogP contribution in [0.5, 0.6) is 0 Å². The second-order valence-electron chi connectivity index (χ2n) is 10.5. The van der Waals surface area contributed by atoms with Gasteiger partial charge in [0.25, 0.3) is 0 Å². The van der Waals surface area contributed by atoms with Gasteiger partial charge in [0.05, 0.1) is 13.2 Å². The lowest BCUT2D eigenvalue weighted by Crippen LogP contribution is -2.24. The number of rotatable bonds is 15. The van der Waals surface area contributed by atoms with Gasteiger partial charge in [-0.1, -0.05) is 69.7 Å². The molecule has 0 amide bonds. The number of hydrogen-bond donors (Lipinski definition) is 0. The molecule has 3 rings (SSSR count). The van der Waals surface area contributed by atoms with Crippen molar-refractivity contribution in [3.63, 3.8) is 0 Å². The predicted octanol–water partition coefficient (Wildman–Crippen LogP) is 8.47. The molecule has 1 aliphatic carbocycles. The average Bonchev–Trinajstić information content (AvgIpc) is 3.26. The summed E-state index contributed by atoms with van der Waals surface area (Å²) in [6.45, 7) is 3.07. The summed E-state index contributed by atoms with van der Waals surface area (Å²) in [6, 6.07) is 9.24. The van der Waals surface area contributed by atoms with Gasteiger partial charge in [0.15, 0.2) is 6.29 Å². The topological polar surface area (TPSA) is 44.8 Å². The minimum Gasteiger partial charge on any atom is -0.469 e. The highest BCUT2D eigenvalue weighted by molar-refractivity contribution is 6.21. The van der Waals surface area contributed by atoms with Crippen LogP contribution in [0.15, 0.2) is 24.3 Å². The Kier molecular flexibility index (Phi) is 12.9.